The summed E-state index contributed by atoms with van der Waals surface area (Å²) in [6.07, 6.45) is 1.16. The Morgan fingerprint density at radius 1 is 0.767 bits per heavy atom. The number of nitrogens with zero attached hydrogens (tertiary/aromatic N) is 2. The van der Waals surface area contributed by atoms with Crippen LogP contribution in [-0.2, 0) is 28.8 Å². The minimum Gasteiger partial charge on any atom is -0.291 e. The van der Waals surface area contributed by atoms with E-state index in [1.807, 2.05) is 0 Å². The molecule has 2 fully saturated rings. The summed E-state index contributed by atoms with van der Waals surface area (Å²) < 4.78 is 0. The van der Waals surface area contributed by atoms with Crippen LogP contribution in [0.2, 0.25) is 0 Å². The number of imide groups is 2. The molecule has 6 amide bonds. The number of nitrogens with one attached hydrogen (secondary N) is 4. The van der Waals surface area contributed by atoms with Crippen molar-refractivity contribution in [1.82, 2.24) is 31.5 Å². The summed E-state index contributed by atoms with van der Waals surface area (Å²) in [7, 11) is 0. The van der Waals surface area contributed by atoms with Crippen molar-refractivity contribution in [3.8, 4) is 0 Å². The molecule has 12 heteroatoms. The number of likely N-dealkylation sites (N-methyl/N-ethyl adjacent to an activating group) is 2. The van der Waals surface area contributed by atoms with E-state index in [1.165, 1.54) is 0 Å². The van der Waals surface area contributed by atoms with E-state index in [0.29, 0.717) is 25.9 Å². The lowest BCUT2D eigenvalue weighted by atomic mass is 10.2. The first-order valence-corrected chi connectivity index (χ1v) is 10.1. The Bertz CT molecular complexity index is 666. The normalized spacial score (nSPS) is 21.5. The zero-order valence-electron chi connectivity index (χ0n) is 17.2. The van der Waals surface area contributed by atoms with Gasteiger partial charge in [0.1, 0.15) is 12.1 Å². The van der Waals surface area contributed by atoms with Gasteiger partial charge in [0.05, 0.1) is 12.8 Å². The highest BCUT2D eigenvalue weighted by atomic mass is 16.2. The van der Waals surface area contributed by atoms with Gasteiger partial charge in [0, 0.05) is 25.9 Å². The largest absolute Gasteiger partial charge is 0.291 e. The van der Waals surface area contributed by atoms with Gasteiger partial charge in [-0.1, -0.05) is 0 Å². The number of unbranched alkanes of at least 4 members (excludes halogenated alkanes) is 1. The average molecular weight is 424 g/mol. The summed E-state index contributed by atoms with van der Waals surface area (Å²) in [5.74, 6) is -1.98. The zero-order valence-corrected chi connectivity index (χ0v) is 17.2. The Morgan fingerprint density at radius 2 is 1.13 bits per heavy atom. The summed E-state index contributed by atoms with van der Waals surface area (Å²) in [5.41, 5.74) is 9.98. The van der Waals surface area contributed by atoms with Gasteiger partial charge in [-0.05, 0) is 26.7 Å². The monoisotopic (exact) mass is 424 g/mol. The molecule has 0 spiro atoms. The van der Waals surface area contributed by atoms with Gasteiger partial charge in [0.15, 0.2) is 0 Å². The Hall–Kier alpha value is -2.86. The van der Waals surface area contributed by atoms with Gasteiger partial charge >= 0.3 is 0 Å². The molecule has 0 aliphatic carbocycles. The second kappa shape index (κ2) is 10.8. The van der Waals surface area contributed by atoms with Crippen LogP contribution in [0.5, 0.6) is 0 Å². The lowest BCUT2D eigenvalue weighted by molar-refractivity contribution is -0.140. The molecule has 2 heterocycles. The van der Waals surface area contributed by atoms with Crippen molar-refractivity contribution >= 4 is 35.4 Å². The fraction of sp³-hybridized carbons (Fsp3) is 0.667. The summed E-state index contributed by atoms with van der Waals surface area (Å²) in [6, 6.07) is -1.51. The smallest absolute Gasteiger partial charge is 0.248 e. The molecule has 0 bridgehead atoms. The molecule has 2 rings (SSSR count). The summed E-state index contributed by atoms with van der Waals surface area (Å²) >= 11 is 0. The molecule has 0 aromatic carbocycles. The Morgan fingerprint density at radius 3 is 1.43 bits per heavy atom. The molecule has 4 N–H and O–H groups in total. The van der Waals surface area contributed by atoms with Crippen molar-refractivity contribution in [2.24, 2.45) is 0 Å². The third kappa shape index (κ3) is 5.83. The highest BCUT2D eigenvalue weighted by Gasteiger charge is 2.38. The van der Waals surface area contributed by atoms with Crippen LogP contribution in [0.15, 0.2) is 0 Å². The third-order valence-corrected chi connectivity index (χ3v) is 4.95. The highest BCUT2D eigenvalue weighted by molar-refractivity contribution is 6.06. The van der Waals surface area contributed by atoms with Gasteiger partial charge in [-0.25, -0.2) is 10.9 Å². The molecular weight excluding hydrogens is 396 g/mol. The van der Waals surface area contributed by atoms with Crippen molar-refractivity contribution < 1.29 is 28.8 Å². The predicted molar refractivity (Wildman–Crippen MR) is 103 cm³/mol. The van der Waals surface area contributed by atoms with Crippen molar-refractivity contribution in [2.75, 3.05) is 13.1 Å². The van der Waals surface area contributed by atoms with Crippen LogP contribution in [0, 0.1) is 0 Å². The van der Waals surface area contributed by atoms with E-state index in [4.69, 9.17) is 0 Å². The standard InChI is InChI=1S/C18H28N6O6/c1-3-23-15(27)9-11(17(23)29)19-21-13(25)7-5-6-8-14(26)22-20-12-10-16(28)24(4-2)18(12)30/h11-12,19-20H,3-10H2,1-2H3,(H,21,25)(H,22,26)/t11-,12+. The molecule has 0 radical (unpaired) electrons. The fourth-order valence-electron chi connectivity index (χ4n) is 3.29. The molecule has 2 atom stereocenters. The summed E-state index contributed by atoms with van der Waals surface area (Å²) in [4.78, 5) is 73.0. The predicted octanol–water partition coefficient (Wildman–Crippen LogP) is -1.92. The third-order valence-electron chi connectivity index (χ3n) is 4.95. The van der Waals surface area contributed by atoms with Crippen LogP contribution in [0.4, 0.5) is 0 Å². The van der Waals surface area contributed by atoms with Gasteiger partial charge in [0.25, 0.3) is 0 Å². The van der Waals surface area contributed by atoms with E-state index in [9.17, 15) is 28.8 Å². The molecule has 30 heavy (non-hydrogen) atoms. The molecular formula is C18H28N6O6. The van der Waals surface area contributed by atoms with Gasteiger partial charge < -0.3 is 0 Å². The zero-order chi connectivity index (χ0) is 22.3. The maximum atomic E-state index is 11.9. The quantitative estimate of drug-likeness (QED) is 0.170. The van der Waals surface area contributed by atoms with Gasteiger partial charge in [-0.2, -0.15) is 0 Å². The van der Waals surface area contributed by atoms with Gasteiger partial charge in [0.2, 0.25) is 35.4 Å². The average Bonchev–Trinajstić information content (AvgIpc) is 3.15. The Labute approximate surface area is 174 Å². The number of carbonyl (C=O) groups is 6. The molecule has 0 aromatic heterocycles. The maximum absolute atomic E-state index is 11.9. The number of hydrogen-bond acceptors (Lipinski definition) is 8. The van der Waals surface area contributed by atoms with Crippen molar-refractivity contribution in [3.63, 3.8) is 0 Å². The molecule has 2 aliphatic heterocycles. The minimum atomic E-state index is -0.757. The van der Waals surface area contributed by atoms with Crippen molar-refractivity contribution in [3.05, 3.63) is 0 Å². The van der Waals surface area contributed by atoms with Gasteiger partial charge in [-0.3, -0.25) is 49.4 Å². The van der Waals surface area contributed by atoms with Crippen molar-refractivity contribution in [1.29, 1.82) is 0 Å². The summed E-state index contributed by atoms with van der Waals surface area (Å²) in [5, 5.41) is 0. The molecule has 12 nitrogen and oxygen atoms in total. The second-order valence-corrected chi connectivity index (χ2v) is 7.06. The highest BCUT2D eigenvalue weighted by Crippen LogP contribution is 2.12. The lowest BCUT2D eigenvalue weighted by Gasteiger charge is -2.14. The van der Waals surface area contributed by atoms with Gasteiger partial charge in [-0.15, -0.1) is 0 Å². The molecule has 0 unspecified atom stereocenters. The topological polar surface area (TPSA) is 157 Å². The first kappa shape index (κ1) is 23.4. The fourth-order valence-corrected chi connectivity index (χ4v) is 3.29. The van der Waals surface area contributed by atoms with E-state index >= 15 is 0 Å². The number of amides is 6. The molecule has 2 saturated heterocycles. The molecule has 2 aliphatic rings. The van der Waals surface area contributed by atoms with Crippen LogP contribution in [0.25, 0.3) is 0 Å². The van der Waals surface area contributed by atoms with Crippen LogP contribution in [0.3, 0.4) is 0 Å². The number of hydrazine groups is 2. The van der Waals surface area contributed by atoms with Crippen LogP contribution >= 0.6 is 0 Å². The number of hydrogen-bond donors (Lipinski definition) is 4. The Kier molecular flexibility index (Phi) is 8.42. The summed E-state index contributed by atoms with van der Waals surface area (Å²) in [6.45, 7) is 3.99. The molecule has 0 aromatic rings. The van der Waals surface area contributed by atoms with E-state index in [1.54, 1.807) is 13.8 Å². The first-order chi connectivity index (χ1) is 14.3. The maximum Gasteiger partial charge on any atom is 0.248 e. The minimum absolute atomic E-state index is 0.00519. The lowest BCUT2D eigenvalue weighted by Crippen LogP contribution is -2.48. The van der Waals surface area contributed by atoms with E-state index in [-0.39, 0.29) is 61.1 Å². The molecule has 166 valence electrons. The number of carbonyl (C=O) groups excluding carboxylic acids is 6. The van der Waals surface area contributed by atoms with Crippen molar-refractivity contribution in [2.45, 2.75) is 64.5 Å². The van der Waals surface area contributed by atoms with E-state index in [2.05, 4.69) is 21.7 Å². The first-order valence-electron chi connectivity index (χ1n) is 10.1. The number of likely N-dealkylation sites (tertiary alicyclic amines) is 2. The SMILES string of the molecule is CCN1C(=O)C[C@H](NNC(=O)CCCCC(=O)NN[C@@H]2CC(=O)N(CC)C2=O)C1=O. The van der Waals surface area contributed by atoms with E-state index in [0.717, 1.165) is 9.80 Å². The van der Waals surface area contributed by atoms with Crippen LogP contribution in [0.1, 0.15) is 52.4 Å². The molecule has 0 saturated carbocycles. The van der Waals surface area contributed by atoms with E-state index < -0.39 is 12.1 Å². The number of rotatable bonds is 11. The second-order valence-electron chi connectivity index (χ2n) is 7.06. The van der Waals surface area contributed by atoms with Crippen LogP contribution < -0.4 is 21.7 Å². The van der Waals surface area contributed by atoms with Crippen LogP contribution in [-0.4, -0.2) is 70.4 Å². The Balaban J connectivity index is 1.56.